The summed E-state index contributed by atoms with van der Waals surface area (Å²) in [5.41, 5.74) is 11.1. The molecule has 29 heavy (non-hydrogen) atoms. The van der Waals surface area contributed by atoms with Crippen molar-refractivity contribution in [2.24, 2.45) is 0 Å². The highest BCUT2D eigenvalue weighted by Crippen LogP contribution is 2.33. The van der Waals surface area contributed by atoms with E-state index in [1.807, 2.05) is 12.1 Å². The number of rotatable bonds is 4. The van der Waals surface area contributed by atoms with E-state index in [0.29, 0.717) is 5.56 Å². The van der Waals surface area contributed by atoms with E-state index < -0.39 is 11.7 Å². The SMILES string of the molecule is CCOC(=O)C(=[N+]=[N-])c1cc(=O)cc(-c2cc(C(C)(C)C)cc(C(C)(C)C)c2)o1. The number of nitrogens with zero attached hydrogens (tertiary/aromatic N) is 2. The second kappa shape index (κ2) is 8.18. The van der Waals surface area contributed by atoms with Gasteiger partial charge in [-0.3, -0.25) is 4.79 Å². The molecular formula is C23H28N2O4. The van der Waals surface area contributed by atoms with Crippen LogP contribution in [0.4, 0.5) is 0 Å². The zero-order valence-electron chi connectivity index (χ0n) is 18.1. The Morgan fingerprint density at radius 3 is 2.00 bits per heavy atom. The fourth-order valence-corrected chi connectivity index (χ4v) is 2.76. The predicted molar refractivity (Wildman–Crippen MR) is 112 cm³/mol. The van der Waals surface area contributed by atoms with Gasteiger partial charge in [-0.1, -0.05) is 47.6 Å². The minimum atomic E-state index is -0.867. The first-order chi connectivity index (χ1) is 13.4. The van der Waals surface area contributed by atoms with Gasteiger partial charge in [-0.25, -0.2) is 4.79 Å². The van der Waals surface area contributed by atoms with Gasteiger partial charge in [-0.05, 0) is 41.0 Å². The van der Waals surface area contributed by atoms with E-state index in [0.717, 1.165) is 17.2 Å². The summed E-state index contributed by atoms with van der Waals surface area (Å²) in [5.74, 6) is -0.726. The van der Waals surface area contributed by atoms with Crippen LogP contribution in [0.15, 0.2) is 39.5 Å². The van der Waals surface area contributed by atoms with Gasteiger partial charge in [0.05, 0.1) is 6.61 Å². The first-order valence-corrected chi connectivity index (χ1v) is 9.58. The molecule has 0 aliphatic carbocycles. The zero-order valence-corrected chi connectivity index (χ0v) is 18.1. The highest BCUT2D eigenvalue weighted by atomic mass is 16.5. The van der Waals surface area contributed by atoms with Crippen LogP contribution in [0.2, 0.25) is 0 Å². The predicted octanol–water partition coefficient (Wildman–Crippen LogP) is 4.48. The molecule has 1 heterocycles. The van der Waals surface area contributed by atoms with Crippen molar-refractivity contribution in [2.75, 3.05) is 6.61 Å². The summed E-state index contributed by atoms with van der Waals surface area (Å²) < 4.78 is 10.7. The van der Waals surface area contributed by atoms with Crippen molar-refractivity contribution in [1.82, 2.24) is 0 Å². The average molecular weight is 396 g/mol. The fourth-order valence-electron chi connectivity index (χ4n) is 2.76. The Morgan fingerprint density at radius 2 is 1.55 bits per heavy atom. The molecule has 0 aliphatic heterocycles. The van der Waals surface area contributed by atoms with Gasteiger partial charge in [-0.15, -0.1) is 0 Å². The first kappa shape index (κ1) is 22.3. The van der Waals surface area contributed by atoms with Crippen LogP contribution < -0.4 is 5.43 Å². The number of hydrogen-bond donors (Lipinski definition) is 0. The number of esters is 1. The van der Waals surface area contributed by atoms with Gasteiger partial charge in [0.15, 0.2) is 5.43 Å². The summed E-state index contributed by atoms with van der Waals surface area (Å²) >= 11 is 0. The minimum absolute atomic E-state index is 0.102. The number of carbonyl (C=O) groups excluding carboxylic acids is 1. The van der Waals surface area contributed by atoms with Crippen molar-refractivity contribution < 1.29 is 18.7 Å². The van der Waals surface area contributed by atoms with Gasteiger partial charge < -0.3 is 14.7 Å². The third-order valence-electron chi connectivity index (χ3n) is 4.52. The normalized spacial score (nSPS) is 11.7. The lowest BCUT2D eigenvalue weighted by molar-refractivity contribution is -0.139. The van der Waals surface area contributed by atoms with Crippen molar-refractivity contribution in [3.05, 3.63) is 63.0 Å². The van der Waals surface area contributed by atoms with Crippen LogP contribution in [0.25, 0.3) is 16.9 Å². The molecule has 6 nitrogen and oxygen atoms in total. The maximum absolute atomic E-state index is 12.3. The molecular weight excluding hydrogens is 368 g/mol. The van der Waals surface area contributed by atoms with E-state index in [1.165, 1.54) is 6.07 Å². The molecule has 6 heteroatoms. The summed E-state index contributed by atoms with van der Waals surface area (Å²) in [6, 6.07) is 8.56. The molecule has 0 aliphatic rings. The molecule has 2 rings (SSSR count). The van der Waals surface area contributed by atoms with Crippen molar-refractivity contribution in [3.63, 3.8) is 0 Å². The molecule has 0 amide bonds. The molecule has 0 N–H and O–H groups in total. The Kier molecular flexibility index (Phi) is 6.29. The Morgan fingerprint density at radius 1 is 1.00 bits per heavy atom. The topological polar surface area (TPSA) is 92.9 Å². The van der Waals surface area contributed by atoms with Crippen molar-refractivity contribution in [1.29, 1.82) is 0 Å². The van der Waals surface area contributed by atoms with Gasteiger partial charge in [0.1, 0.15) is 5.76 Å². The van der Waals surface area contributed by atoms with Crippen LogP contribution >= 0.6 is 0 Å². The minimum Gasteiger partial charge on any atom is -0.457 e. The van der Waals surface area contributed by atoms with Crippen LogP contribution in [0, 0.1) is 0 Å². The van der Waals surface area contributed by atoms with Crippen LogP contribution in [-0.2, 0) is 20.4 Å². The fraction of sp³-hybridized carbons (Fsp3) is 0.435. The van der Waals surface area contributed by atoms with E-state index in [9.17, 15) is 15.1 Å². The van der Waals surface area contributed by atoms with Gasteiger partial charge >= 0.3 is 11.7 Å². The van der Waals surface area contributed by atoms with E-state index in [2.05, 4.69) is 52.4 Å². The smallest absolute Gasteiger partial charge is 0.441 e. The number of carbonyl (C=O) groups is 1. The number of ether oxygens (including phenoxy) is 1. The summed E-state index contributed by atoms with van der Waals surface area (Å²) in [4.78, 5) is 27.3. The summed E-state index contributed by atoms with van der Waals surface area (Å²) in [6.45, 7) is 14.4. The third kappa shape index (κ3) is 5.30. The van der Waals surface area contributed by atoms with Crippen LogP contribution in [-0.4, -0.2) is 23.1 Å². The standard InChI is InChI=1S/C23H28N2O4/c1-8-28-21(27)20(25-24)19-13-17(26)12-18(29-19)14-9-15(22(2,3)4)11-16(10-14)23(5,6)7/h9-13H,8H2,1-7H3. The number of hydrogen-bond acceptors (Lipinski definition) is 4. The van der Waals surface area contributed by atoms with Crippen LogP contribution in [0.1, 0.15) is 65.4 Å². The molecule has 0 atom stereocenters. The van der Waals surface area contributed by atoms with Crippen molar-refractivity contribution in [2.45, 2.75) is 59.3 Å². The lowest BCUT2D eigenvalue weighted by Crippen LogP contribution is -2.21. The third-order valence-corrected chi connectivity index (χ3v) is 4.52. The molecule has 0 bridgehead atoms. The lowest BCUT2D eigenvalue weighted by Gasteiger charge is -2.26. The monoisotopic (exact) mass is 396 g/mol. The number of benzene rings is 1. The molecule has 2 aromatic rings. The second-order valence-electron chi connectivity index (χ2n) is 8.99. The van der Waals surface area contributed by atoms with Gasteiger partial charge in [-0.2, -0.15) is 4.79 Å². The Bertz CT molecular complexity index is 998. The largest absolute Gasteiger partial charge is 0.457 e. The van der Waals surface area contributed by atoms with Crippen LogP contribution in [0.3, 0.4) is 0 Å². The molecule has 0 radical (unpaired) electrons. The van der Waals surface area contributed by atoms with E-state index in [4.69, 9.17) is 9.15 Å². The lowest BCUT2D eigenvalue weighted by atomic mass is 9.79. The highest BCUT2D eigenvalue weighted by molar-refractivity contribution is 6.39. The molecule has 0 saturated carbocycles. The molecule has 0 spiro atoms. The van der Waals surface area contributed by atoms with E-state index in [1.54, 1.807) is 6.92 Å². The quantitative estimate of drug-likeness (QED) is 0.329. The van der Waals surface area contributed by atoms with Gasteiger partial charge in [0, 0.05) is 17.7 Å². The van der Waals surface area contributed by atoms with E-state index in [-0.39, 0.29) is 34.4 Å². The Hall–Kier alpha value is -2.98. The summed E-state index contributed by atoms with van der Waals surface area (Å²) in [5, 5.41) is 0. The van der Waals surface area contributed by atoms with Crippen molar-refractivity contribution >= 4 is 11.7 Å². The second-order valence-corrected chi connectivity index (χ2v) is 8.99. The Balaban J connectivity index is 2.72. The maximum atomic E-state index is 12.3. The Labute approximate surface area is 171 Å². The first-order valence-electron chi connectivity index (χ1n) is 9.58. The average Bonchev–Trinajstić information content (AvgIpc) is 2.60. The molecule has 0 saturated heterocycles. The summed E-state index contributed by atoms with van der Waals surface area (Å²) in [6.07, 6.45) is 0. The van der Waals surface area contributed by atoms with E-state index >= 15 is 0 Å². The maximum Gasteiger partial charge on any atom is 0.441 e. The summed E-state index contributed by atoms with van der Waals surface area (Å²) in [7, 11) is 0. The molecule has 0 unspecified atom stereocenters. The zero-order chi connectivity index (χ0) is 22.0. The highest BCUT2D eigenvalue weighted by Gasteiger charge is 2.29. The van der Waals surface area contributed by atoms with Crippen molar-refractivity contribution in [3.8, 4) is 11.3 Å². The van der Waals surface area contributed by atoms with Crippen LogP contribution in [0.5, 0.6) is 0 Å². The molecule has 1 aromatic heterocycles. The molecule has 1 aromatic carbocycles. The van der Waals surface area contributed by atoms with Gasteiger partial charge in [0.2, 0.25) is 5.76 Å². The van der Waals surface area contributed by atoms with Gasteiger partial charge in [0.25, 0.3) is 0 Å². The molecule has 0 fully saturated rings. The molecule has 154 valence electrons.